The molecule has 0 bridgehead atoms. The molecule has 2 aromatic rings. The topological polar surface area (TPSA) is 81.1 Å². The van der Waals surface area contributed by atoms with Crippen molar-refractivity contribution in [3.8, 4) is 0 Å². The lowest BCUT2D eigenvalue weighted by Crippen LogP contribution is -2.12. The molecule has 0 aliphatic heterocycles. The van der Waals surface area contributed by atoms with Gasteiger partial charge in [0.1, 0.15) is 6.26 Å². The van der Waals surface area contributed by atoms with E-state index in [2.05, 4.69) is 10.3 Å². The van der Waals surface area contributed by atoms with Crippen LogP contribution in [-0.2, 0) is 0 Å². The van der Waals surface area contributed by atoms with Gasteiger partial charge in [0.05, 0.1) is 10.7 Å². The lowest BCUT2D eigenvalue weighted by Gasteiger charge is -2.05. The van der Waals surface area contributed by atoms with E-state index >= 15 is 0 Å². The van der Waals surface area contributed by atoms with Gasteiger partial charge in [-0.1, -0.05) is 23.2 Å². The summed E-state index contributed by atoms with van der Waals surface area (Å²) in [5, 5.41) is 3.38. The fourth-order valence-corrected chi connectivity index (χ4v) is 1.51. The van der Waals surface area contributed by atoms with Crippen LogP contribution in [0.15, 0.2) is 28.9 Å². The van der Waals surface area contributed by atoms with Gasteiger partial charge in [-0.2, -0.15) is 4.98 Å². The number of halogens is 2. The number of hydrogen-bond donors (Lipinski definition) is 2. The van der Waals surface area contributed by atoms with Crippen molar-refractivity contribution in [3.05, 3.63) is 40.2 Å². The van der Waals surface area contributed by atoms with Crippen molar-refractivity contribution in [3.63, 3.8) is 0 Å². The van der Waals surface area contributed by atoms with Crippen LogP contribution in [0.1, 0.15) is 10.5 Å². The van der Waals surface area contributed by atoms with Gasteiger partial charge in [0.15, 0.2) is 5.69 Å². The van der Waals surface area contributed by atoms with Crippen LogP contribution in [0.3, 0.4) is 0 Å². The number of aromatic nitrogens is 1. The predicted octanol–water partition coefficient (Wildman–Crippen LogP) is 2.82. The van der Waals surface area contributed by atoms with Crippen molar-refractivity contribution in [1.82, 2.24) is 4.98 Å². The van der Waals surface area contributed by atoms with Gasteiger partial charge >= 0.3 is 0 Å². The van der Waals surface area contributed by atoms with Crippen molar-refractivity contribution >= 4 is 40.8 Å². The Hall–Kier alpha value is -1.72. The highest BCUT2D eigenvalue weighted by Gasteiger charge is 2.12. The summed E-state index contributed by atoms with van der Waals surface area (Å²) >= 11 is 11.7. The molecule has 1 aromatic heterocycles. The second-order valence-corrected chi connectivity index (χ2v) is 3.99. The van der Waals surface area contributed by atoms with E-state index < -0.39 is 5.91 Å². The third kappa shape index (κ3) is 2.69. The quantitative estimate of drug-likeness (QED) is 0.880. The summed E-state index contributed by atoms with van der Waals surface area (Å²) in [4.78, 5) is 15.4. The molecule has 0 aliphatic rings. The van der Waals surface area contributed by atoms with Gasteiger partial charge in [0, 0.05) is 5.02 Å². The van der Waals surface area contributed by atoms with Gasteiger partial charge < -0.3 is 15.5 Å². The van der Waals surface area contributed by atoms with Crippen LogP contribution in [0.5, 0.6) is 0 Å². The van der Waals surface area contributed by atoms with Crippen molar-refractivity contribution < 1.29 is 9.21 Å². The summed E-state index contributed by atoms with van der Waals surface area (Å²) in [5.41, 5.74) is 5.72. The van der Waals surface area contributed by atoms with Gasteiger partial charge in [0.2, 0.25) is 0 Å². The third-order valence-electron chi connectivity index (χ3n) is 1.93. The molecule has 0 radical (unpaired) electrons. The average molecular weight is 272 g/mol. The molecule has 7 heteroatoms. The Kier molecular flexibility index (Phi) is 3.21. The molecule has 0 fully saturated rings. The van der Waals surface area contributed by atoms with Crippen molar-refractivity contribution in [2.24, 2.45) is 0 Å². The third-order valence-corrected chi connectivity index (χ3v) is 2.50. The molecule has 2 rings (SSSR count). The molecule has 17 heavy (non-hydrogen) atoms. The van der Waals surface area contributed by atoms with Gasteiger partial charge in [-0.3, -0.25) is 4.79 Å². The van der Waals surface area contributed by atoms with Crippen LogP contribution in [-0.4, -0.2) is 10.9 Å². The van der Waals surface area contributed by atoms with Gasteiger partial charge in [-0.25, -0.2) is 0 Å². The van der Waals surface area contributed by atoms with Crippen molar-refractivity contribution in [1.29, 1.82) is 0 Å². The Labute approximate surface area is 107 Å². The zero-order valence-corrected chi connectivity index (χ0v) is 9.92. The van der Waals surface area contributed by atoms with E-state index in [-0.39, 0.29) is 11.7 Å². The first-order chi connectivity index (χ1) is 8.06. The molecule has 3 N–H and O–H groups in total. The fraction of sp³-hybridized carbons (Fsp3) is 0. The van der Waals surface area contributed by atoms with E-state index in [0.29, 0.717) is 15.7 Å². The molecule has 1 heterocycles. The van der Waals surface area contributed by atoms with E-state index in [1.807, 2.05) is 0 Å². The van der Waals surface area contributed by atoms with Gasteiger partial charge in [-0.15, -0.1) is 0 Å². The minimum absolute atomic E-state index is 0.0681. The zero-order chi connectivity index (χ0) is 12.4. The van der Waals surface area contributed by atoms with Gasteiger partial charge in [-0.05, 0) is 18.2 Å². The highest BCUT2D eigenvalue weighted by atomic mass is 35.5. The molecular weight excluding hydrogens is 265 g/mol. The van der Waals surface area contributed by atoms with Crippen LogP contribution in [0.2, 0.25) is 10.0 Å². The Morgan fingerprint density at radius 2 is 2.18 bits per heavy atom. The Bertz CT molecular complexity index is 568. The second kappa shape index (κ2) is 4.65. The van der Waals surface area contributed by atoms with Crippen LogP contribution in [0.4, 0.5) is 11.7 Å². The first-order valence-electron chi connectivity index (χ1n) is 4.53. The highest BCUT2D eigenvalue weighted by molar-refractivity contribution is 6.35. The summed E-state index contributed by atoms with van der Waals surface area (Å²) in [5.74, 6) is -0.477. The van der Waals surface area contributed by atoms with Crippen molar-refractivity contribution in [2.75, 3.05) is 11.1 Å². The number of anilines is 2. The molecule has 0 atom stereocenters. The number of nitrogens with one attached hydrogen (secondary N) is 1. The standard InChI is InChI=1S/C10H7Cl2N3O2/c11-5-1-2-6(12)7(3-5)14-9(16)8-4-17-10(13)15-8/h1-4H,(H2,13,15)(H,14,16). The maximum atomic E-state index is 11.7. The Morgan fingerprint density at radius 3 is 2.82 bits per heavy atom. The highest BCUT2D eigenvalue weighted by Crippen LogP contribution is 2.25. The second-order valence-electron chi connectivity index (χ2n) is 3.15. The number of hydrogen-bond acceptors (Lipinski definition) is 4. The minimum Gasteiger partial charge on any atom is -0.431 e. The fourth-order valence-electron chi connectivity index (χ4n) is 1.17. The number of benzene rings is 1. The number of rotatable bonds is 2. The molecule has 1 amide bonds. The maximum Gasteiger partial charge on any atom is 0.292 e. The monoisotopic (exact) mass is 271 g/mol. The number of carbonyl (C=O) groups is 1. The molecule has 5 nitrogen and oxygen atoms in total. The molecule has 1 aromatic carbocycles. The molecule has 0 saturated carbocycles. The number of carbonyl (C=O) groups excluding carboxylic acids is 1. The first-order valence-corrected chi connectivity index (χ1v) is 5.29. The first kappa shape index (κ1) is 11.8. The molecule has 0 spiro atoms. The Balaban J connectivity index is 2.21. The van der Waals surface area contributed by atoms with Crippen LogP contribution in [0.25, 0.3) is 0 Å². The van der Waals surface area contributed by atoms with Gasteiger partial charge in [0.25, 0.3) is 11.9 Å². The molecule has 88 valence electrons. The van der Waals surface area contributed by atoms with Crippen LogP contribution < -0.4 is 11.1 Å². The minimum atomic E-state index is -0.477. The smallest absolute Gasteiger partial charge is 0.292 e. The number of amides is 1. The van der Waals surface area contributed by atoms with E-state index in [1.54, 1.807) is 12.1 Å². The number of nitrogen functional groups attached to an aromatic ring is 1. The molecule has 0 aliphatic carbocycles. The number of oxazole rings is 1. The van der Waals surface area contributed by atoms with Crippen LogP contribution in [0, 0.1) is 0 Å². The largest absolute Gasteiger partial charge is 0.431 e. The molecular formula is C10H7Cl2N3O2. The van der Waals surface area contributed by atoms with E-state index in [0.717, 1.165) is 6.26 Å². The summed E-state index contributed by atoms with van der Waals surface area (Å²) < 4.78 is 4.72. The molecule has 0 unspecified atom stereocenters. The Morgan fingerprint density at radius 1 is 1.41 bits per heavy atom. The summed E-state index contributed by atoms with van der Waals surface area (Å²) in [6.07, 6.45) is 1.16. The van der Waals surface area contributed by atoms with Crippen LogP contribution >= 0.6 is 23.2 Å². The van der Waals surface area contributed by atoms with E-state index in [4.69, 9.17) is 33.4 Å². The zero-order valence-electron chi connectivity index (χ0n) is 8.41. The average Bonchev–Trinajstić information content (AvgIpc) is 2.70. The lowest BCUT2D eigenvalue weighted by molar-refractivity contribution is 0.102. The molecule has 0 saturated heterocycles. The summed E-state index contributed by atoms with van der Waals surface area (Å²) in [7, 11) is 0. The summed E-state index contributed by atoms with van der Waals surface area (Å²) in [6.45, 7) is 0. The SMILES string of the molecule is Nc1nc(C(=O)Nc2cc(Cl)ccc2Cl)co1. The number of nitrogens with zero attached hydrogens (tertiary/aromatic N) is 1. The van der Waals surface area contributed by atoms with E-state index in [9.17, 15) is 4.79 Å². The lowest BCUT2D eigenvalue weighted by atomic mass is 10.3. The number of nitrogens with two attached hydrogens (primary N) is 1. The maximum absolute atomic E-state index is 11.7. The predicted molar refractivity (Wildman–Crippen MR) is 65.3 cm³/mol. The van der Waals surface area contributed by atoms with E-state index in [1.165, 1.54) is 6.07 Å². The van der Waals surface area contributed by atoms with Crippen molar-refractivity contribution in [2.45, 2.75) is 0 Å². The summed E-state index contributed by atoms with van der Waals surface area (Å²) in [6, 6.07) is 4.66. The normalized spacial score (nSPS) is 10.2.